The number of halogens is 2. The second-order valence-electron chi connectivity index (χ2n) is 4.36. The highest BCUT2D eigenvalue weighted by atomic mass is 35.5. The number of hydrogen-bond donors (Lipinski definition) is 1. The first kappa shape index (κ1) is 11.9. The Hall–Kier alpha value is -0.600. The Kier molecular flexibility index (Phi) is 3.50. The topological polar surface area (TPSA) is 29.3 Å². The molecule has 1 aromatic rings. The second kappa shape index (κ2) is 4.72. The zero-order chi connectivity index (χ0) is 11.7. The van der Waals surface area contributed by atoms with Crippen LogP contribution in [0.2, 0.25) is 10.0 Å². The van der Waals surface area contributed by atoms with Gasteiger partial charge in [0.1, 0.15) is 0 Å². The van der Waals surface area contributed by atoms with Gasteiger partial charge >= 0.3 is 0 Å². The number of nitrogens with zero attached hydrogens (tertiary/aromatic N) is 1. The zero-order valence-electron chi connectivity index (χ0n) is 9.34. The molecule has 0 amide bonds. The molecule has 1 aliphatic rings. The third-order valence-corrected chi connectivity index (χ3v) is 3.65. The van der Waals surface area contributed by atoms with Gasteiger partial charge in [0.15, 0.2) is 0 Å². The first-order valence-corrected chi connectivity index (χ1v) is 6.36. The lowest BCUT2D eigenvalue weighted by molar-refractivity contribution is 0.485. The molecule has 0 aliphatic carbocycles. The standard InChI is InChI=1S/C12H16Cl2N2/c1-8-4-2-3-5-16(8)12-10(14)6-9(13)7-11(12)15/h6-8H,2-5,15H2,1H3/t8-/m0/s1. The van der Waals surface area contributed by atoms with Gasteiger partial charge in [-0.05, 0) is 38.3 Å². The summed E-state index contributed by atoms with van der Waals surface area (Å²) in [5.41, 5.74) is 7.62. The SMILES string of the molecule is C[C@H]1CCCCN1c1c(N)cc(Cl)cc1Cl. The minimum Gasteiger partial charge on any atom is -0.397 e. The van der Waals surface area contributed by atoms with Crippen molar-refractivity contribution in [3.05, 3.63) is 22.2 Å². The molecule has 2 rings (SSSR count). The summed E-state index contributed by atoms with van der Waals surface area (Å²) in [5.74, 6) is 0. The van der Waals surface area contributed by atoms with Crippen molar-refractivity contribution in [3.63, 3.8) is 0 Å². The van der Waals surface area contributed by atoms with Crippen LogP contribution in [-0.4, -0.2) is 12.6 Å². The van der Waals surface area contributed by atoms with Crippen molar-refractivity contribution in [1.29, 1.82) is 0 Å². The molecule has 0 spiro atoms. The van der Waals surface area contributed by atoms with Crippen LogP contribution in [0.3, 0.4) is 0 Å². The summed E-state index contributed by atoms with van der Waals surface area (Å²) in [7, 11) is 0. The van der Waals surface area contributed by atoms with Crippen molar-refractivity contribution < 1.29 is 0 Å². The van der Waals surface area contributed by atoms with Crippen LogP contribution < -0.4 is 10.6 Å². The van der Waals surface area contributed by atoms with Crippen molar-refractivity contribution in [1.82, 2.24) is 0 Å². The van der Waals surface area contributed by atoms with Crippen LogP contribution in [-0.2, 0) is 0 Å². The van der Waals surface area contributed by atoms with Gasteiger partial charge in [0.05, 0.1) is 16.4 Å². The normalized spacial score (nSPS) is 21.2. The van der Waals surface area contributed by atoms with Gasteiger partial charge in [-0.3, -0.25) is 0 Å². The molecule has 0 aromatic heterocycles. The Morgan fingerprint density at radius 2 is 2.06 bits per heavy atom. The van der Waals surface area contributed by atoms with E-state index in [4.69, 9.17) is 28.9 Å². The zero-order valence-corrected chi connectivity index (χ0v) is 10.9. The maximum atomic E-state index is 6.23. The molecule has 1 atom stereocenters. The Morgan fingerprint density at radius 3 is 2.69 bits per heavy atom. The minimum absolute atomic E-state index is 0.495. The van der Waals surface area contributed by atoms with Crippen molar-refractivity contribution in [2.24, 2.45) is 0 Å². The van der Waals surface area contributed by atoms with Crippen LogP contribution in [0.5, 0.6) is 0 Å². The lowest BCUT2D eigenvalue weighted by atomic mass is 10.0. The van der Waals surface area contributed by atoms with E-state index in [1.165, 1.54) is 19.3 Å². The van der Waals surface area contributed by atoms with Crippen LogP contribution in [0.1, 0.15) is 26.2 Å². The Morgan fingerprint density at radius 1 is 1.31 bits per heavy atom. The van der Waals surface area contributed by atoms with Crippen LogP contribution in [0.4, 0.5) is 11.4 Å². The molecular formula is C12H16Cl2N2. The van der Waals surface area contributed by atoms with Gasteiger partial charge < -0.3 is 10.6 Å². The maximum absolute atomic E-state index is 6.23. The third kappa shape index (κ3) is 2.23. The fourth-order valence-electron chi connectivity index (χ4n) is 2.32. The lowest BCUT2D eigenvalue weighted by Gasteiger charge is -2.36. The first-order valence-electron chi connectivity index (χ1n) is 5.60. The summed E-state index contributed by atoms with van der Waals surface area (Å²) >= 11 is 12.1. The fourth-order valence-corrected chi connectivity index (χ4v) is 2.94. The molecule has 0 saturated carbocycles. The second-order valence-corrected chi connectivity index (χ2v) is 5.21. The van der Waals surface area contributed by atoms with Crippen LogP contribution in [0.15, 0.2) is 12.1 Å². The van der Waals surface area contributed by atoms with E-state index >= 15 is 0 Å². The van der Waals surface area contributed by atoms with Crippen molar-refractivity contribution in [2.75, 3.05) is 17.2 Å². The van der Waals surface area contributed by atoms with Gasteiger partial charge in [-0.1, -0.05) is 23.2 Å². The quantitative estimate of drug-likeness (QED) is 0.773. The van der Waals surface area contributed by atoms with E-state index in [-0.39, 0.29) is 0 Å². The third-order valence-electron chi connectivity index (χ3n) is 3.15. The summed E-state index contributed by atoms with van der Waals surface area (Å²) < 4.78 is 0. The molecule has 1 fully saturated rings. The fraction of sp³-hybridized carbons (Fsp3) is 0.500. The van der Waals surface area contributed by atoms with E-state index in [9.17, 15) is 0 Å². The molecule has 2 N–H and O–H groups in total. The Labute approximate surface area is 106 Å². The predicted molar refractivity (Wildman–Crippen MR) is 71.5 cm³/mol. The number of hydrogen-bond acceptors (Lipinski definition) is 2. The van der Waals surface area contributed by atoms with Gasteiger partial charge in [-0.25, -0.2) is 0 Å². The molecule has 0 radical (unpaired) electrons. The van der Waals surface area contributed by atoms with Crippen LogP contribution in [0, 0.1) is 0 Å². The molecule has 0 unspecified atom stereocenters. The van der Waals surface area contributed by atoms with Crippen molar-refractivity contribution in [3.8, 4) is 0 Å². The number of rotatable bonds is 1. The lowest BCUT2D eigenvalue weighted by Crippen LogP contribution is -2.38. The van der Waals surface area contributed by atoms with E-state index < -0.39 is 0 Å². The molecule has 16 heavy (non-hydrogen) atoms. The van der Waals surface area contributed by atoms with Crippen molar-refractivity contribution in [2.45, 2.75) is 32.2 Å². The molecule has 1 aliphatic heterocycles. The largest absolute Gasteiger partial charge is 0.397 e. The first-order chi connectivity index (χ1) is 7.59. The van der Waals surface area contributed by atoms with E-state index in [1.54, 1.807) is 12.1 Å². The number of piperidine rings is 1. The monoisotopic (exact) mass is 258 g/mol. The molecule has 1 aromatic carbocycles. The highest BCUT2D eigenvalue weighted by molar-refractivity contribution is 6.37. The maximum Gasteiger partial charge on any atom is 0.0792 e. The highest BCUT2D eigenvalue weighted by Crippen LogP contribution is 2.38. The van der Waals surface area contributed by atoms with Gasteiger partial charge in [0.25, 0.3) is 0 Å². The predicted octanol–water partition coefficient (Wildman–Crippen LogP) is 3.95. The van der Waals surface area contributed by atoms with Crippen molar-refractivity contribution >= 4 is 34.6 Å². The summed E-state index contributed by atoms with van der Waals surface area (Å²) in [5, 5.41) is 1.25. The average molecular weight is 259 g/mol. The molecule has 1 heterocycles. The van der Waals surface area contributed by atoms with E-state index in [2.05, 4.69) is 11.8 Å². The van der Waals surface area contributed by atoms with Crippen LogP contribution in [0.25, 0.3) is 0 Å². The molecule has 2 nitrogen and oxygen atoms in total. The summed E-state index contributed by atoms with van der Waals surface area (Å²) in [6, 6.07) is 4.02. The smallest absolute Gasteiger partial charge is 0.0792 e. The van der Waals surface area contributed by atoms with Gasteiger partial charge in [-0.2, -0.15) is 0 Å². The summed E-state index contributed by atoms with van der Waals surface area (Å²) in [6.45, 7) is 3.23. The average Bonchev–Trinajstić information content (AvgIpc) is 2.19. The minimum atomic E-state index is 0.495. The van der Waals surface area contributed by atoms with Gasteiger partial charge in [0.2, 0.25) is 0 Å². The molecular weight excluding hydrogens is 243 g/mol. The number of nitrogen functional groups attached to an aromatic ring is 1. The Balaban J connectivity index is 2.38. The summed E-state index contributed by atoms with van der Waals surface area (Å²) in [6.07, 6.45) is 3.67. The molecule has 4 heteroatoms. The molecule has 0 bridgehead atoms. The Bertz CT molecular complexity index is 370. The van der Waals surface area contributed by atoms with Gasteiger partial charge in [0, 0.05) is 17.6 Å². The van der Waals surface area contributed by atoms with E-state index in [0.29, 0.717) is 21.8 Å². The number of nitrogens with two attached hydrogens (primary N) is 1. The highest BCUT2D eigenvalue weighted by Gasteiger charge is 2.22. The van der Waals surface area contributed by atoms with E-state index in [1.807, 2.05) is 0 Å². The van der Waals surface area contributed by atoms with E-state index in [0.717, 1.165) is 12.2 Å². The van der Waals surface area contributed by atoms with Gasteiger partial charge in [-0.15, -0.1) is 0 Å². The molecule has 88 valence electrons. The molecule has 1 saturated heterocycles. The van der Waals surface area contributed by atoms with Crippen LogP contribution >= 0.6 is 23.2 Å². The summed E-state index contributed by atoms with van der Waals surface area (Å²) in [4.78, 5) is 2.29. The number of anilines is 2. The number of benzene rings is 1.